The number of hydroxylamine groups is 2. The van der Waals surface area contributed by atoms with Crippen molar-refractivity contribution in [2.75, 3.05) is 26.2 Å². The zero-order valence-corrected chi connectivity index (χ0v) is 27.0. The van der Waals surface area contributed by atoms with Gasteiger partial charge < -0.3 is 20.0 Å². The molecule has 0 saturated carbocycles. The lowest BCUT2D eigenvalue weighted by Gasteiger charge is -2.44. The van der Waals surface area contributed by atoms with Gasteiger partial charge in [-0.05, 0) is 77.1 Å². The minimum Gasteiger partial charge on any atom is -0.381 e. The van der Waals surface area contributed by atoms with Gasteiger partial charge in [0, 0.05) is 12.5 Å². The number of halogens is 1. The first-order valence-corrected chi connectivity index (χ1v) is 17.0. The van der Waals surface area contributed by atoms with Crippen LogP contribution < -0.4 is 5.32 Å². The van der Waals surface area contributed by atoms with Crippen LogP contribution >= 0.6 is 0 Å². The van der Waals surface area contributed by atoms with E-state index in [1.54, 1.807) is 34.6 Å². The average molecular weight is 647 g/mol. The SMILES string of the molecule is CNC(CF)C(O)(c1ccc(S(C)(=O)=O)cc1)C1C(c2ccc(S(C)(=O)=O)cc2)OC(C)(C)N1OC(=O)OOC(C)(C)C. The molecular formula is C28H39FN2O10S2. The lowest BCUT2D eigenvalue weighted by molar-refractivity contribution is -0.340. The monoisotopic (exact) mass is 646 g/mol. The Kier molecular flexibility index (Phi) is 10.0. The molecule has 0 amide bonds. The number of nitrogens with zero attached hydrogens (tertiary/aromatic N) is 1. The maximum Gasteiger partial charge on any atom is 0.560 e. The fourth-order valence-electron chi connectivity index (χ4n) is 4.83. The van der Waals surface area contributed by atoms with E-state index in [4.69, 9.17) is 19.3 Å². The average Bonchev–Trinajstić information content (AvgIpc) is 3.17. The van der Waals surface area contributed by atoms with Crippen molar-refractivity contribution in [1.29, 1.82) is 0 Å². The summed E-state index contributed by atoms with van der Waals surface area (Å²) in [4.78, 5) is 28.3. The highest BCUT2D eigenvalue weighted by molar-refractivity contribution is 7.91. The Hall–Kier alpha value is -2.66. The largest absolute Gasteiger partial charge is 0.560 e. The highest BCUT2D eigenvalue weighted by Gasteiger charge is 2.62. The molecule has 3 rings (SSSR count). The number of hydrogen-bond acceptors (Lipinski definition) is 12. The molecule has 0 spiro atoms. The standard InChI is InChI=1S/C28H39FN2O10S2/c1-26(2,3)41-40-25(32)39-31-24(23(38-27(31,4)5)18-9-13-20(14-10-18)42(7,34)35)28(33,22(17-29)30-6)19-11-15-21(16-12-19)43(8,36)37/h9-16,22-24,30,33H,17H2,1-8H3. The van der Waals surface area contributed by atoms with Crippen molar-refractivity contribution < 1.29 is 50.5 Å². The Bertz CT molecular complexity index is 1500. The van der Waals surface area contributed by atoms with Crippen molar-refractivity contribution in [2.24, 2.45) is 0 Å². The summed E-state index contributed by atoms with van der Waals surface area (Å²) in [5.41, 5.74) is -4.17. The Labute approximate surface area is 251 Å². The van der Waals surface area contributed by atoms with Gasteiger partial charge >= 0.3 is 6.16 Å². The Morgan fingerprint density at radius 3 is 1.93 bits per heavy atom. The molecule has 1 aliphatic rings. The molecule has 240 valence electrons. The topological polar surface area (TPSA) is 158 Å². The molecule has 1 fully saturated rings. The summed E-state index contributed by atoms with van der Waals surface area (Å²) < 4.78 is 69.5. The minimum absolute atomic E-state index is 0.0320. The zero-order chi connectivity index (χ0) is 32.6. The molecule has 0 aromatic heterocycles. The number of carbonyl (C=O) groups excluding carboxylic acids is 1. The predicted molar refractivity (Wildman–Crippen MR) is 154 cm³/mol. The summed E-state index contributed by atoms with van der Waals surface area (Å²) in [6, 6.07) is 8.14. The third kappa shape index (κ3) is 7.71. The second-order valence-corrected chi connectivity index (χ2v) is 15.9. The van der Waals surface area contributed by atoms with Crippen LogP contribution in [0.1, 0.15) is 51.8 Å². The van der Waals surface area contributed by atoms with E-state index >= 15 is 0 Å². The second kappa shape index (κ2) is 12.4. The molecule has 1 heterocycles. The van der Waals surface area contributed by atoms with E-state index in [9.17, 15) is 31.1 Å². The highest BCUT2D eigenvalue weighted by atomic mass is 32.2. The molecule has 0 radical (unpaired) electrons. The summed E-state index contributed by atoms with van der Waals surface area (Å²) in [6.45, 7) is 6.89. The van der Waals surface area contributed by atoms with Gasteiger partial charge in [-0.2, -0.15) is 9.68 Å². The van der Waals surface area contributed by atoms with Crippen LogP contribution in [0, 0.1) is 0 Å². The number of aliphatic hydroxyl groups is 1. The number of likely N-dealkylation sites (N-methyl/N-ethyl adjacent to an activating group) is 1. The molecule has 0 aliphatic carbocycles. The molecule has 0 bridgehead atoms. The summed E-state index contributed by atoms with van der Waals surface area (Å²) in [7, 11) is -5.72. The van der Waals surface area contributed by atoms with Gasteiger partial charge in [0.25, 0.3) is 0 Å². The van der Waals surface area contributed by atoms with E-state index < -0.39 is 67.6 Å². The number of alkyl halides is 1. The number of sulfone groups is 2. The van der Waals surface area contributed by atoms with Gasteiger partial charge in [-0.25, -0.2) is 21.2 Å². The summed E-state index contributed by atoms with van der Waals surface area (Å²) in [5, 5.41) is 16.4. The summed E-state index contributed by atoms with van der Waals surface area (Å²) in [5.74, 6) is 0. The van der Waals surface area contributed by atoms with Crippen LogP contribution in [0.15, 0.2) is 58.3 Å². The second-order valence-electron chi connectivity index (χ2n) is 11.8. The lowest BCUT2D eigenvalue weighted by Crippen LogP contribution is -2.62. The van der Waals surface area contributed by atoms with Crippen LogP contribution in [-0.4, -0.2) is 82.8 Å². The quantitative estimate of drug-likeness (QED) is 0.287. The van der Waals surface area contributed by atoms with Crippen molar-refractivity contribution in [3.8, 4) is 0 Å². The number of hydrogen-bond donors (Lipinski definition) is 2. The summed E-state index contributed by atoms with van der Waals surface area (Å²) in [6.07, 6.45) is -0.377. The molecule has 1 saturated heterocycles. The van der Waals surface area contributed by atoms with E-state index in [1.165, 1.54) is 55.6 Å². The number of ether oxygens (including phenoxy) is 1. The van der Waals surface area contributed by atoms with Gasteiger partial charge in [0.15, 0.2) is 19.7 Å². The van der Waals surface area contributed by atoms with Crippen LogP contribution in [0.25, 0.3) is 0 Å². The van der Waals surface area contributed by atoms with E-state index in [0.717, 1.165) is 17.6 Å². The lowest BCUT2D eigenvalue weighted by atomic mass is 9.76. The molecule has 12 nitrogen and oxygen atoms in total. The van der Waals surface area contributed by atoms with E-state index in [1.807, 2.05) is 0 Å². The smallest absolute Gasteiger partial charge is 0.381 e. The van der Waals surface area contributed by atoms with Crippen molar-refractivity contribution >= 4 is 25.8 Å². The van der Waals surface area contributed by atoms with Gasteiger partial charge in [-0.3, -0.25) is 4.89 Å². The van der Waals surface area contributed by atoms with Gasteiger partial charge in [-0.15, -0.1) is 0 Å². The van der Waals surface area contributed by atoms with Crippen LogP contribution in [-0.2, 0) is 44.6 Å². The minimum atomic E-state index is -3.60. The Morgan fingerprint density at radius 1 is 1.02 bits per heavy atom. The van der Waals surface area contributed by atoms with Crippen molar-refractivity contribution in [2.45, 2.75) is 79.5 Å². The first-order chi connectivity index (χ1) is 19.6. The molecule has 43 heavy (non-hydrogen) atoms. The zero-order valence-electron chi connectivity index (χ0n) is 25.3. The van der Waals surface area contributed by atoms with Crippen LogP contribution in [0.4, 0.5) is 9.18 Å². The maximum absolute atomic E-state index is 14.7. The van der Waals surface area contributed by atoms with Gasteiger partial charge in [0.1, 0.15) is 35.7 Å². The number of rotatable bonds is 10. The number of carbonyl (C=O) groups is 1. The first kappa shape index (κ1) is 34.8. The van der Waals surface area contributed by atoms with Crippen molar-refractivity contribution in [1.82, 2.24) is 10.4 Å². The molecule has 2 N–H and O–H groups in total. The van der Waals surface area contributed by atoms with E-state index in [2.05, 4.69) is 5.32 Å². The third-order valence-electron chi connectivity index (χ3n) is 6.88. The maximum atomic E-state index is 14.7. The molecule has 15 heteroatoms. The number of benzene rings is 2. The predicted octanol–water partition coefficient (Wildman–Crippen LogP) is 3.22. The van der Waals surface area contributed by atoms with Crippen molar-refractivity contribution in [3.05, 3.63) is 59.7 Å². The molecule has 1 aliphatic heterocycles. The summed E-state index contributed by atoms with van der Waals surface area (Å²) >= 11 is 0. The van der Waals surface area contributed by atoms with Gasteiger partial charge in [-0.1, -0.05) is 29.3 Å². The van der Waals surface area contributed by atoms with Crippen LogP contribution in [0.5, 0.6) is 0 Å². The molecule has 2 aromatic carbocycles. The van der Waals surface area contributed by atoms with Gasteiger partial charge in [0.2, 0.25) is 0 Å². The van der Waals surface area contributed by atoms with Gasteiger partial charge in [0.05, 0.1) is 15.8 Å². The fraction of sp³-hybridized carbons (Fsp3) is 0.536. The Morgan fingerprint density at radius 2 is 1.51 bits per heavy atom. The fourth-order valence-corrected chi connectivity index (χ4v) is 6.09. The highest BCUT2D eigenvalue weighted by Crippen LogP contribution is 2.50. The molecular weight excluding hydrogens is 607 g/mol. The van der Waals surface area contributed by atoms with E-state index in [0.29, 0.717) is 5.56 Å². The van der Waals surface area contributed by atoms with Crippen LogP contribution in [0.3, 0.4) is 0 Å². The normalized spacial score (nSPS) is 21.6. The third-order valence-corrected chi connectivity index (χ3v) is 9.14. The molecule has 4 unspecified atom stereocenters. The van der Waals surface area contributed by atoms with Crippen molar-refractivity contribution in [3.63, 3.8) is 0 Å². The van der Waals surface area contributed by atoms with E-state index in [-0.39, 0.29) is 15.4 Å². The Balaban J connectivity index is 2.25. The molecule has 2 aromatic rings. The first-order valence-electron chi connectivity index (χ1n) is 13.3. The molecule has 4 atom stereocenters. The number of nitrogens with one attached hydrogen (secondary N) is 1. The van der Waals surface area contributed by atoms with Crippen LogP contribution in [0.2, 0.25) is 0 Å².